The van der Waals surface area contributed by atoms with Crippen LogP contribution >= 0.6 is 15.9 Å². The Morgan fingerprint density at radius 3 is 2.33 bits per heavy atom. The van der Waals surface area contributed by atoms with E-state index in [2.05, 4.69) is 26.0 Å². The minimum absolute atomic E-state index is 0.0195. The quantitative estimate of drug-likeness (QED) is 0.492. The van der Waals surface area contributed by atoms with E-state index in [0.717, 1.165) is 15.6 Å². The number of hydrogen-bond donors (Lipinski definition) is 2. The number of aryl methyl sites for hydroxylation is 1. The number of benzene rings is 3. The van der Waals surface area contributed by atoms with Gasteiger partial charge < -0.3 is 5.32 Å². The van der Waals surface area contributed by atoms with Gasteiger partial charge in [0.25, 0.3) is 0 Å². The van der Waals surface area contributed by atoms with E-state index in [9.17, 15) is 13.2 Å². The first-order valence-electron chi connectivity index (χ1n) is 9.48. The van der Waals surface area contributed by atoms with Crippen LogP contribution < -0.4 is 10.0 Å². The maximum atomic E-state index is 12.9. The molecule has 7 heteroatoms. The lowest BCUT2D eigenvalue weighted by Gasteiger charge is -2.19. The average molecular weight is 487 g/mol. The molecule has 0 aliphatic carbocycles. The van der Waals surface area contributed by atoms with E-state index in [1.54, 1.807) is 30.3 Å². The highest BCUT2D eigenvalue weighted by Gasteiger charge is 2.24. The second-order valence-corrected chi connectivity index (χ2v) is 9.64. The average Bonchev–Trinajstić information content (AvgIpc) is 2.73. The van der Waals surface area contributed by atoms with Crippen molar-refractivity contribution in [1.29, 1.82) is 0 Å². The van der Waals surface area contributed by atoms with Gasteiger partial charge in [0, 0.05) is 17.4 Å². The van der Waals surface area contributed by atoms with Crippen LogP contribution in [0, 0.1) is 6.92 Å². The van der Waals surface area contributed by atoms with Crippen molar-refractivity contribution in [2.45, 2.75) is 30.8 Å². The minimum Gasteiger partial charge on any atom is -0.352 e. The summed E-state index contributed by atoms with van der Waals surface area (Å²) in [7, 11) is -3.80. The summed E-state index contributed by atoms with van der Waals surface area (Å²) in [5.74, 6) is -0.240. The van der Waals surface area contributed by atoms with Crippen molar-refractivity contribution in [3.63, 3.8) is 0 Å². The molecule has 0 spiro atoms. The van der Waals surface area contributed by atoms with Gasteiger partial charge >= 0.3 is 0 Å². The van der Waals surface area contributed by atoms with Crippen molar-refractivity contribution in [3.8, 4) is 0 Å². The summed E-state index contributed by atoms with van der Waals surface area (Å²) in [6, 6.07) is 22.8. The predicted octanol–water partition coefficient (Wildman–Crippen LogP) is 4.48. The molecular weight excluding hydrogens is 464 g/mol. The van der Waals surface area contributed by atoms with E-state index in [-0.39, 0.29) is 17.2 Å². The third-order valence-electron chi connectivity index (χ3n) is 4.60. The Kier molecular flexibility index (Phi) is 7.42. The molecule has 2 N–H and O–H groups in total. The first-order chi connectivity index (χ1) is 14.3. The molecule has 0 bridgehead atoms. The van der Waals surface area contributed by atoms with Crippen molar-refractivity contribution in [3.05, 3.63) is 100 Å². The number of halogens is 1. The van der Waals surface area contributed by atoms with Crippen molar-refractivity contribution in [1.82, 2.24) is 10.0 Å². The van der Waals surface area contributed by atoms with Gasteiger partial charge in [-0.15, -0.1) is 0 Å². The number of hydrogen-bond acceptors (Lipinski definition) is 3. The van der Waals surface area contributed by atoms with Gasteiger partial charge in [-0.05, 0) is 42.3 Å². The molecule has 0 aliphatic heterocycles. The second-order valence-electron chi connectivity index (χ2n) is 7.01. The van der Waals surface area contributed by atoms with Crippen molar-refractivity contribution in [2.75, 3.05) is 0 Å². The standard InChI is InChI=1S/C23H23BrN2O3S/c1-17-10-12-21(13-11-17)30(28,29)26-22(19-8-5-9-20(24)14-19)15-23(27)25-16-18-6-3-2-4-7-18/h2-14,22,26H,15-16H2,1H3,(H,25,27)/t22-/m0/s1. The molecule has 0 fully saturated rings. The van der Waals surface area contributed by atoms with E-state index in [1.165, 1.54) is 0 Å². The second kappa shape index (κ2) is 10.0. The summed E-state index contributed by atoms with van der Waals surface area (Å²) in [5, 5.41) is 2.86. The molecule has 0 radical (unpaired) electrons. The lowest BCUT2D eigenvalue weighted by molar-refractivity contribution is -0.121. The molecule has 0 saturated carbocycles. The smallest absolute Gasteiger partial charge is 0.241 e. The summed E-state index contributed by atoms with van der Waals surface area (Å²) < 4.78 is 29.3. The Hall–Kier alpha value is -2.48. The fourth-order valence-electron chi connectivity index (χ4n) is 2.98. The van der Waals surface area contributed by atoms with Crippen LogP contribution in [0.25, 0.3) is 0 Å². The van der Waals surface area contributed by atoms with E-state index in [4.69, 9.17) is 0 Å². The van der Waals surface area contributed by atoms with Crippen LogP contribution in [0.5, 0.6) is 0 Å². The molecule has 0 unspecified atom stereocenters. The Labute approximate surface area is 185 Å². The maximum Gasteiger partial charge on any atom is 0.241 e. The number of sulfonamides is 1. The number of nitrogens with one attached hydrogen (secondary N) is 2. The molecular formula is C23H23BrN2O3S. The zero-order valence-corrected chi connectivity index (χ0v) is 18.9. The van der Waals surface area contributed by atoms with Gasteiger partial charge in [-0.1, -0.05) is 76.1 Å². The molecule has 5 nitrogen and oxygen atoms in total. The van der Waals surface area contributed by atoms with Crippen LogP contribution in [0.3, 0.4) is 0 Å². The van der Waals surface area contributed by atoms with Gasteiger partial charge in [0.15, 0.2) is 0 Å². The number of rotatable bonds is 8. The monoisotopic (exact) mass is 486 g/mol. The summed E-state index contributed by atoms with van der Waals surface area (Å²) in [4.78, 5) is 12.8. The number of carbonyl (C=O) groups excluding carboxylic acids is 1. The van der Waals surface area contributed by atoms with Crippen LogP contribution in [0.1, 0.15) is 29.2 Å². The van der Waals surface area contributed by atoms with E-state index < -0.39 is 16.1 Å². The molecule has 0 saturated heterocycles. The summed E-state index contributed by atoms with van der Waals surface area (Å²) >= 11 is 3.41. The molecule has 30 heavy (non-hydrogen) atoms. The van der Waals surface area contributed by atoms with Crippen LogP contribution in [0.2, 0.25) is 0 Å². The maximum absolute atomic E-state index is 12.9. The number of amides is 1. The SMILES string of the molecule is Cc1ccc(S(=O)(=O)N[C@@H](CC(=O)NCc2ccccc2)c2cccc(Br)c2)cc1. The summed E-state index contributed by atoms with van der Waals surface area (Å²) in [6.07, 6.45) is -0.0195. The lowest BCUT2D eigenvalue weighted by Crippen LogP contribution is -2.33. The van der Waals surface area contributed by atoms with Gasteiger partial charge in [-0.25, -0.2) is 13.1 Å². The molecule has 1 atom stereocenters. The Balaban J connectivity index is 1.78. The van der Waals surface area contributed by atoms with Gasteiger partial charge in [0.05, 0.1) is 10.9 Å². The first-order valence-corrected chi connectivity index (χ1v) is 11.8. The van der Waals surface area contributed by atoms with Gasteiger partial charge in [-0.3, -0.25) is 4.79 Å². The van der Waals surface area contributed by atoms with Gasteiger partial charge in [-0.2, -0.15) is 0 Å². The van der Waals surface area contributed by atoms with Gasteiger partial charge in [0.1, 0.15) is 0 Å². The zero-order valence-electron chi connectivity index (χ0n) is 16.5. The minimum atomic E-state index is -3.80. The highest BCUT2D eigenvalue weighted by atomic mass is 79.9. The lowest BCUT2D eigenvalue weighted by atomic mass is 10.0. The van der Waals surface area contributed by atoms with Crippen LogP contribution in [-0.4, -0.2) is 14.3 Å². The number of carbonyl (C=O) groups is 1. The molecule has 0 aromatic heterocycles. The van der Waals surface area contributed by atoms with Gasteiger partial charge in [0.2, 0.25) is 15.9 Å². The fraction of sp³-hybridized carbons (Fsp3) is 0.174. The molecule has 0 heterocycles. The zero-order chi connectivity index (χ0) is 21.6. The van der Waals surface area contributed by atoms with E-state index >= 15 is 0 Å². The Bertz CT molecular complexity index is 1100. The summed E-state index contributed by atoms with van der Waals surface area (Å²) in [5.41, 5.74) is 2.65. The van der Waals surface area contributed by atoms with Crippen molar-refractivity contribution >= 4 is 31.9 Å². The highest BCUT2D eigenvalue weighted by Crippen LogP contribution is 2.23. The molecule has 3 rings (SSSR count). The predicted molar refractivity (Wildman–Crippen MR) is 121 cm³/mol. The molecule has 3 aromatic rings. The molecule has 156 valence electrons. The third kappa shape index (κ3) is 6.26. The van der Waals surface area contributed by atoms with Crippen molar-refractivity contribution in [2.24, 2.45) is 0 Å². The Morgan fingerprint density at radius 1 is 0.967 bits per heavy atom. The summed E-state index contributed by atoms with van der Waals surface area (Å²) in [6.45, 7) is 2.28. The van der Waals surface area contributed by atoms with E-state index in [1.807, 2.05) is 55.5 Å². The normalized spacial score (nSPS) is 12.3. The topological polar surface area (TPSA) is 75.3 Å². The largest absolute Gasteiger partial charge is 0.352 e. The molecule has 0 aliphatic rings. The van der Waals surface area contributed by atoms with Crippen LogP contribution in [0.4, 0.5) is 0 Å². The first kappa shape index (κ1) is 22.2. The molecule has 1 amide bonds. The third-order valence-corrected chi connectivity index (χ3v) is 6.58. The molecule has 3 aromatic carbocycles. The van der Waals surface area contributed by atoms with Crippen molar-refractivity contribution < 1.29 is 13.2 Å². The van der Waals surface area contributed by atoms with Crippen LogP contribution in [0.15, 0.2) is 88.2 Å². The highest BCUT2D eigenvalue weighted by molar-refractivity contribution is 9.10. The van der Waals surface area contributed by atoms with E-state index in [0.29, 0.717) is 12.1 Å². The fourth-order valence-corrected chi connectivity index (χ4v) is 4.62. The van der Waals surface area contributed by atoms with Crippen LogP contribution in [-0.2, 0) is 21.4 Å². The Morgan fingerprint density at radius 2 is 1.67 bits per heavy atom.